The van der Waals surface area contributed by atoms with Crippen LogP contribution in [0.5, 0.6) is 11.5 Å². The molecule has 0 bridgehead atoms. The molecule has 3 aromatic carbocycles. The van der Waals surface area contributed by atoms with E-state index in [2.05, 4.69) is 5.32 Å². The van der Waals surface area contributed by atoms with Gasteiger partial charge < -0.3 is 23.9 Å². The van der Waals surface area contributed by atoms with Crippen LogP contribution >= 0.6 is 0 Å². The highest BCUT2D eigenvalue weighted by Crippen LogP contribution is 2.38. The fourth-order valence-electron chi connectivity index (χ4n) is 3.89. The Morgan fingerprint density at radius 3 is 2.36 bits per heavy atom. The topological polar surface area (TPSA) is 87.0 Å². The van der Waals surface area contributed by atoms with Gasteiger partial charge in [0.05, 0.1) is 32.7 Å². The average Bonchev–Trinajstić information content (AvgIpc) is 3.31. The summed E-state index contributed by atoms with van der Waals surface area (Å²) < 4.78 is 21.7. The van der Waals surface area contributed by atoms with Crippen LogP contribution < -0.4 is 14.8 Å². The quantitative estimate of drug-likeness (QED) is 0.232. The molecular weight excluding hydrogens is 458 g/mol. The molecule has 0 saturated heterocycles. The Kier molecular flexibility index (Phi) is 7.39. The van der Waals surface area contributed by atoms with Crippen LogP contribution in [0.25, 0.3) is 27.7 Å². The Bertz CT molecular complexity index is 1410. The summed E-state index contributed by atoms with van der Waals surface area (Å²) in [6, 6.07) is 18.1. The van der Waals surface area contributed by atoms with Crippen LogP contribution in [-0.2, 0) is 9.53 Å². The predicted molar refractivity (Wildman–Crippen MR) is 139 cm³/mol. The second-order valence-electron chi connectivity index (χ2n) is 8.04. The molecule has 184 valence electrons. The molecule has 36 heavy (non-hydrogen) atoms. The third kappa shape index (κ3) is 5.25. The number of anilines is 1. The summed E-state index contributed by atoms with van der Waals surface area (Å²) in [5.74, 6) is 0.666. The normalized spacial score (nSPS) is 11.3. The molecule has 1 aromatic heterocycles. The summed E-state index contributed by atoms with van der Waals surface area (Å²) in [6.45, 7) is 4.23. The number of methoxy groups -OCH3 is 2. The maximum absolute atomic E-state index is 12.8. The van der Waals surface area contributed by atoms with E-state index in [0.717, 1.165) is 33.4 Å². The Balaban J connectivity index is 1.64. The summed E-state index contributed by atoms with van der Waals surface area (Å²) in [6.07, 6.45) is 3.24. The van der Waals surface area contributed by atoms with E-state index < -0.39 is 5.97 Å². The minimum Gasteiger partial charge on any atom is -0.497 e. The van der Waals surface area contributed by atoms with Crippen molar-refractivity contribution in [1.82, 2.24) is 0 Å². The number of allylic oxidation sites excluding steroid dienone is 1. The zero-order chi connectivity index (χ0) is 25.7. The smallest absolute Gasteiger partial charge is 0.337 e. The Labute approximate surface area is 209 Å². The Morgan fingerprint density at radius 2 is 1.72 bits per heavy atom. The van der Waals surface area contributed by atoms with Crippen LogP contribution in [0.15, 0.2) is 77.4 Å². The van der Waals surface area contributed by atoms with Crippen LogP contribution in [-0.4, -0.2) is 32.7 Å². The first-order chi connectivity index (χ1) is 17.4. The standard InChI is InChI=1S/C29H27NO6/c1-5-35-26-16-27-24(25(17-36-27)19-8-12-22(33-3)13-9-19)15-23(26)18(2)14-28(31)30-21-10-6-20(7-11-21)29(32)34-4/h6-17H,5H2,1-4H3,(H,30,31)/b18-14+. The number of carbonyl (C=O) groups excluding carboxylic acids is 2. The second kappa shape index (κ2) is 10.8. The van der Waals surface area contributed by atoms with E-state index in [1.54, 1.807) is 37.6 Å². The Morgan fingerprint density at radius 1 is 1.00 bits per heavy atom. The van der Waals surface area contributed by atoms with Crippen molar-refractivity contribution in [3.63, 3.8) is 0 Å². The highest BCUT2D eigenvalue weighted by atomic mass is 16.5. The lowest BCUT2D eigenvalue weighted by molar-refractivity contribution is -0.111. The van der Waals surface area contributed by atoms with Crippen molar-refractivity contribution in [1.29, 1.82) is 0 Å². The van der Waals surface area contributed by atoms with Gasteiger partial charge in [-0.25, -0.2) is 4.79 Å². The van der Waals surface area contributed by atoms with Crippen molar-refractivity contribution in [3.8, 4) is 22.6 Å². The van der Waals surface area contributed by atoms with Crippen molar-refractivity contribution >= 4 is 34.1 Å². The molecule has 1 N–H and O–H groups in total. The van der Waals surface area contributed by atoms with Gasteiger partial charge in [-0.05, 0) is 67.4 Å². The number of nitrogens with one attached hydrogen (secondary N) is 1. The van der Waals surface area contributed by atoms with Crippen molar-refractivity contribution in [2.24, 2.45) is 0 Å². The van der Waals surface area contributed by atoms with Gasteiger partial charge in [-0.15, -0.1) is 0 Å². The number of ether oxygens (including phenoxy) is 3. The molecule has 7 heteroatoms. The third-order valence-electron chi connectivity index (χ3n) is 5.72. The van der Waals surface area contributed by atoms with E-state index in [4.69, 9.17) is 18.6 Å². The van der Waals surface area contributed by atoms with E-state index in [9.17, 15) is 9.59 Å². The lowest BCUT2D eigenvalue weighted by Gasteiger charge is -2.12. The number of amides is 1. The lowest BCUT2D eigenvalue weighted by atomic mass is 9.99. The maximum Gasteiger partial charge on any atom is 0.337 e. The summed E-state index contributed by atoms with van der Waals surface area (Å²) in [4.78, 5) is 24.4. The zero-order valence-electron chi connectivity index (χ0n) is 20.6. The molecule has 0 aliphatic heterocycles. The highest BCUT2D eigenvalue weighted by Gasteiger charge is 2.16. The summed E-state index contributed by atoms with van der Waals surface area (Å²) in [5, 5.41) is 3.73. The van der Waals surface area contributed by atoms with E-state index >= 15 is 0 Å². The number of carbonyl (C=O) groups is 2. The molecule has 4 aromatic rings. The van der Waals surface area contributed by atoms with Crippen LogP contribution in [0.2, 0.25) is 0 Å². The highest BCUT2D eigenvalue weighted by molar-refractivity contribution is 6.05. The number of rotatable bonds is 8. The van der Waals surface area contributed by atoms with Gasteiger partial charge in [0.25, 0.3) is 0 Å². The first kappa shape index (κ1) is 24.6. The summed E-state index contributed by atoms with van der Waals surface area (Å²) in [5.41, 5.74) is 5.09. The molecule has 0 atom stereocenters. The molecule has 0 aliphatic rings. The number of hydrogen-bond donors (Lipinski definition) is 1. The van der Waals surface area contributed by atoms with Crippen LogP contribution in [0, 0.1) is 0 Å². The maximum atomic E-state index is 12.8. The second-order valence-corrected chi connectivity index (χ2v) is 8.04. The number of esters is 1. The summed E-state index contributed by atoms with van der Waals surface area (Å²) in [7, 11) is 2.95. The van der Waals surface area contributed by atoms with Crippen molar-refractivity contribution in [2.75, 3.05) is 26.1 Å². The molecular formula is C29H27NO6. The van der Waals surface area contributed by atoms with Gasteiger partial charge in [0.1, 0.15) is 17.1 Å². The predicted octanol–water partition coefficient (Wildman–Crippen LogP) is 6.34. The van der Waals surface area contributed by atoms with Gasteiger partial charge in [0, 0.05) is 34.3 Å². The minimum absolute atomic E-state index is 0.302. The Hall–Kier alpha value is -4.52. The van der Waals surface area contributed by atoms with Crippen LogP contribution in [0.3, 0.4) is 0 Å². The molecule has 0 aliphatic carbocycles. The monoisotopic (exact) mass is 485 g/mol. The fraction of sp³-hybridized carbons (Fsp3) is 0.172. The average molecular weight is 486 g/mol. The third-order valence-corrected chi connectivity index (χ3v) is 5.72. The first-order valence-electron chi connectivity index (χ1n) is 11.4. The first-order valence-corrected chi connectivity index (χ1v) is 11.4. The minimum atomic E-state index is -0.435. The molecule has 7 nitrogen and oxygen atoms in total. The van der Waals surface area contributed by atoms with E-state index in [1.807, 2.05) is 50.2 Å². The molecule has 0 unspecified atom stereocenters. The number of fused-ring (bicyclic) bond motifs is 1. The molecule has 0 spiro atoms. The van der Waals surface area contributed by atoms with Crippen molar-refractivity contribution in [3.05, 3.63) is 84.1 Å². The number of benzene rings is 3. The largest absolute Gasteiger partial charge is 0.497 e. The fourth-order valence-corrected chi connectivity index (χ4v) is 3.89. The van der Waals surface area contributed by atoms with E-state index in [0.29, 0.717) is 29.2 Å². The van der Waals surface area contributed by atoms with Gasteiger partial charge in [-0.2, -0.15) is 0 Å². The van der Waals surface area contributed by atoms with Gasteiger partial charge in [-0.1, -0.05) is 12.1 Å². The van der Waals surface area contributed by atoms with Crippen LogP contribution in [0.1, 0.15) is 29.8 Å². The zero-order valence-corrected chi connectivity index (χ0v) is 20.6. The van der Waals surface area contributed by atoms with Crippen LogP contribution in [0.4, 0.5) is 5.69 Å². The van der Waals surface area contributed by atoms with E-state index in [1.165, 1.54) is 13.2 Å². The van der Waals surface area contributed by atoms with Gasteiger partial charge in [-0.3, -0.25) is 4.79 Å². The summed E-state index contributed by atoms with van der Waals surface area (Å²) >= 11 is 0. The van der Waals surface area contributed by atoms with Gasteiger partial charge in [0.2, 0.25) is 5.91 Å². The molecule has 0 radical (unpaired) electrons. The van der Waals surface area contributed by atoms with Crippen molar-refractivity contribution < 1.29 is 28.2 Å². The molecule has 0 fully saturated rings. The SMILES string of the molecule is CCOc1cc2occ(-c3ccc(OC)cc3)c2cc1/C(C)=C/C(=O)Nc1ccc(C(=O)OC)cc1. The van der Waals surface area contributed by atoms with E-state index in [-0.39, 0.29) is 5.91 Å². The molecule has 0 saturated carbocycles. The molecule has 1 heterocycles. The molecule has 4 rings (SSSR count). The molecule has 1 amide bonds. The van der Waals surface area contributed by atoms with Gasteiger partial charge >= 0.3 is 5.97 Å². The van der Waals surface area contributed by atoms with Gasteiger partial charge in [0.15, 0.2) is 0 Å². The lowest BCUT2D eigenvalue weighted by Crippen LogP contribution is -2.09. The number of hydrogen-bond acceptors (Lipinski definition) is 6. The van der Waals surface area contributed by atoms with Crippen molar-refractivity contribution in [2.45, 2.75) is 13.8 Å². The number of furan rings is 1.